The van der Waals surface area contributed by atoms with E-state index >= 15 is 0 Å². The van der Waals surface area contributed by atoms with E-state index in [9.17, 15) is 28.0 Å². The molecule has 0 spiro atoms. The summed E-state index contributed by atoms with van der Waals surface area (Å²) in [7, 11) is 6.51. The van der Waals surface area contributed by atoms with Gasteiger partial charge in [-0.25, -0.2) is 8.78 Å². The van der Waals surface area contributed by atoms with Crippen molar-refractivity contribution in [2.75, 3.05) is 85.1 Å². The molecule has 0 bridgehead atoms. The number of fused-ring (bicyclic) bond motifs is 2. The van der Waals surface area contributed by atoms with E-state index in [4.69, 9.17) is 37.6 Å². The third kappa shape index (κ3) is 16.8. The number of hydrogen-bond acceptors (Lipinski definition) is 13. The number of benzene rings is 4. The lowest BCUT2D eigenvalue weighted by Crippen LogP contribution is -2.29. The fourth-order valence-electron chi connectivity index (χ4n) is 10.6. The van der Waals surface area contributed by atoms with Gasteiger partial charge in [0, 0.05) is 85.8 Å². The Kier molecular flexibility index (Phi) is 23.3. The number of halogens is 2. The van der Waals surface area contributed by atoms with Crippen LogP contribution in [0.3, 0.4) is 0 Å². The Morgan fingerprint density at radius 1 is 0.600 bits per heavy atom. The minimum Gasteiger partial charge on any atom is -0.481 e. The minimum atomic E-state index is -0.945. The van der Waals surface area contributed by atoms with Gasteiger partial charge in [0.2, 0.25) is 0 Å². The molecule has 2 fully saturated rings. The maximum Gasteiger partial charge on any atom is 0.307 e. The lowest BCUT2D eigenvalue weighted by molar-refractivity contribution is -0.143. The van der Waals surface area contributed by atoms with Crippen LogP contribution in [-0.4, -0.2) is 113 Å². The van der Waals surface area contributed by atoms with Gasteiger partial charge in [0.05, 0.1) is 71.2 Å². The Balaban J connectivity index is 0.000000231. The molecular formula is C62H78F2N4O12. The number of ether oxygens (including phenoxy) is 5. The number of esters is 1. The summed E-state index contributed by atoms with van der Waals surface area (Å²) >= 11 is 0. The number of furan rings is 2. The molecule has 18 heteroatoms. The molecule has 2 atom stereocenters. The van der Waals surface area contributed by atoms with E-state index in [1.54, 1.807) is 71.6 Å². The summed E-state index contributed by atoms with van der Waals surface area (Å²) in [4.78, 5) is 51.1. The van der Waals surface area contributed by atoms with Crippen molar-refractivity contribution < 1.29 is 65.6 Å². The van der Waals surface area contributed by atoms with Crippen molar-refractivity contribution in [3.8, 4) is 0 Å². The van der Waals surface area contributed by atoms with Crippen molar-refractivity contribution in [1.29, 1.82) is 0 Å². The van der Waals surface area contributed by atoms with Crippen LogP contribution < -0.4 is 10.6 Å². The zero-order valence-electron chi connectivity index (χ0n) is 46.8. The second-order valence-corrected chi connectivity index (χ2v) is 20.6. The summed E-state index contributed by atoms with van der Waals surface area (Å²) in [6.45, 7) is 4.81. The maximum absolute atomic E-state index is 14.3. The molecule has 0 aliphatic heterocycles. The number of carboxylic acid groups (broad SMARTS) is 1. The van der Waals surface area contributed by atoms with Gasteiger partial charge < -0.3 is 58.1 Å². The molecule has 80 heavy (non-hydrogen) atoms. The van der Waals surface area contributed by atoms with Crippen LogP contribution in [0.25, 0.3) is 21.9 Å². The normalized spacial score (nSPS) is 14.7. The molecular weight excluding hydrogens is 1030 g/mol. The fourth-order valence-corrected chi connectivity index (χ4v) is 10.6. The molecule has 2 unspecified atom stereocenters. The molecule has 2 amide bonds. The Morgan fingerprint density at radius 2 is 1.01 bits per heavy atom. The van der Waals surface area contributed by atoms with Crippen LogP contribution in [0.1, 0.15) is 139 Å². The summed E-state index contributed by atoms with van der Waals surface area (Å²) in [6.07, 6.45) is 11.2. The van der Waals surface area contributed by atoms with Gasteiger partial charge in [-0.3, -0.25) is 19.2 Å². The van der Waals surface area contributed by atoms with Gasteiger partial charge in [0.25, 0.3) is 11.8 Å². The predicted octanol–water partition coefficient (Wildman–Crippen LogP) is 12.5. The van der Waals surface area contributed by atoms with Gasteiger partial charge in [0.15, 0.2) is 0 Å². The van der Waals surface area contributed by atoms with E-state index in [0.717, 1.165) is 85.4 Å². The fraction of sp³-hybridized carbons (Fsp3) is 0.484. The molecule has 2 aromatic heterocycles. The average molecular weight is 1110 g/mol. The zero-order valence-corrected chi connectivity index (χ0v) is 46.8. The van der Waals surface area contributed by atoms with Gasteiger partial charge in [-0.15, -0.1) is 0 Å². The summed E-state index contributed by atoms with van der Waals surface area (Å²) in [5.74, 6) is -0.186. The van der Waals surface area contributed by atoms with Gasteiger partial charge >= 0.3 is 11.9 Å². The third-order valence-corrected chi connectivity index (χ3v) is 15.0. The van der Waals surface area contributed by atoms with Crippen LogP contribution in [-0.2, 0) is 46.5 Å². The molecule has 8 rings (SSSR count). The van der Waals surface area contributed by atoms with Crippen molar-refractivity contribution in [3.05, 3.63) is 130 Å². The molecule has 16 nitrogen and oxygen atoms in total. The highest BCUT2D eigenvalue weighted by Crippen LogP contribution is 2.43. The van der Waals surface area contributed by atoms with E-state index in [1.165, 1.54) is 46.9 Å². The van der Waals surface area contributed by atoms with Crippen molar-refractivity contribution in [2.24, 2.45) is 11.8 Å². The molecule has 4 aromatic carbocycles. The highest BCUT2D eigenvalue weighted by molar-refractivity contribution is 5.95. The number of carbonyl (C=O) groups excluding carboxylic acids is 3. The Morgan fingerprint density at radius 3 is 1.40 bits per heavy atom. The number of anilines is 2. The summed E-state index contributed by atoms with van der Waals surface area (Å²) < 4.78 is 68.3. The maximum atomic E-state index is 14.3. The standard InChI is InChI=1S/C32H41FN2O6.C30H37FN2O6/c1-4-40-29(36)16-17-35(2)32(37)23-10-13-25(14-11-23)34-30(22-8-6-5-7-9-22)31-27(21-39-19-18-38-3)26-20-24(33)12-15-28(26)41-31;1-33(15-14-27(34)35)30(36)21-8-11-23(12-9-21)32-28(20-6-4-3-5-7-20)29-25(19-38-17-16-37-2)24-18-22(31)10-13-26(24)39-29/h10-15,20,22,30,34H,4-9,16-19,21H2,1-3H3;8-13,18,20,28,32H,3-7,14-17,19H2,1-2H3,(H,34,35). The van der Waals surface area contributed by atoms with Crippen molar-refractivity contribution >= 4 is 57.1 Å². The first-order valence-corrected chi connectivity index (χ1v) is 27.9. The topological polar surface area (TPSA) is 191 Å². The average Bonchev–Trinajstić information content (AvgIpc) is 4.01. The van der Waals surface area contributed by atoms with Crippen LogP contribution in [0.4, 0.5) is 20.2 Å². The lowest BCUT2D eigenvalue weighted by Gasteiger charge is -2.31. The number of nitrogens with one attached hydrogen (secondary N) is 2. The molecule has 2 aliphatic rings. The second-order valence-electron chi connectivity index (χ2n) is 20.6. The van der Waals surface area contributed by atoms with Crippen molar-refractivity contribution in [1.82, 2.24) is 9.80 Å². The third-order valence-electron chi connectivity index (χ3n) is 15.0. The summed E-state index contributed by atoms with van der Waals surface area (Å²) in [6, 6.07) is 23.4. The zero-order chi connectivity index (χ0) is 57.0. The molecule has 6 aromatic rings. The van der Waals surface area contributed by atoms with Crippen molar-refractivity contribution in [3.63, 3.8) is 0 Å². The first-order valence-electron chi connectivity index (χ1n) is 27.9. The highest BCUT2D eigenvalue weighted by atomic mass is 19.1. The molecule has 2 saturated carbocycles. The molecule has 2 aliphatic carbocycles. The van der Waals surface area contributed by atoms with Crippen LogP contribution in [0.2, 0.25) is 0 Å². The van der Waals surface area contributed by atoms with E-state index in [2.05, 4.69) is 10.6 Å². The van der Waals surface area contributed by atoms with Crippen LogP contribution >= 0.6 is 0 Å². The number of methoxy groups -OCH3 is 2. The highest BCUT2D eigenvalue weighted by Gasteiger charge is 2.33. The Bertz CT molecular complexity index is 2930. The van der Waals surface area contributed by atoms with Crippen LogP contribution in [0.15, 0.2) is 93.8 Å². The van der Waals surface area contributed by atoms with Gasteiger partial charge in [0.1, 0.15) is 34.3 Å². The monoisotopic (exact) mass is 1110 g/mol. The SMILES string of the molecule is CCOC(=O)CCN(C)C(=O)c1ccc(NC(c2oc3ccc(F)cc3c2COCCOC)C2CCCCC2)cc1.COCCOCc1c(C(Nc2ccc(C(=O)N(C)CCC(=O)O)cc2)C2CCCCC2)oc2ccc(F)cc12. The first kappa shape index (κ1) is 60.8. The van der Waals surface area contributed by atoms with E-state index in [1.807, 2.05) is 24.3 Å². The van der Waals surface area contributed by atoms with E-state index in [0.29, 0.717) is 77.9 Å². The van der Waals surface area contributed by atoms with E-state index < -0.39 is 5.97 Å². The predicted molar refractivity (Wildman–Crippen MR) is 302 cm³/mol. The number of aliphatic carboxylic acids is 1. The van der Waals surface area contributed by atoms with Crippen LogP contribution in [0.5, 0.6) is 0 Å². The Hall–Kier alpha value is -6.86. The van der Waals surface area contributed by atoms with Crippen LogP contribution in [0, 0.1) is 23.5 Å². The Labute approximate surface area is 467 Å². The second kappa shape index (κ2) is 30.7. The number of hydrogen-bond donors (Lipinski definition) is 3. The largest absolute Gasteiger partial charge is 0.481 e. The molecule has 0 saturated heterocycles. The number of rotatable bonds is 27. The van der Waals surface area contributed by atoms with Crippen molar-refractivity contribution in [2.45, 2.75) is 109 Å². The molecule has 432 valence electrons. The van der Waals surface area contributed by atoms with E-state index in [-0.39, 0.29) is 80.6 Å². The lowest BCUT2D eigenvalue weighted by atomic mass is 9.82. The smallest absolute Gasteiger partial charge is 0.307 e. The summed E-state index contributed by atoms with van der Waals surface area (Å²) in [5.41, 5.74) is 5.60. The quantitative estimate of drug-likeness (QED) is 0.0326. The number of carboxylic acids is 1. The molecule has 3 N–H and O–H groups in total. The first-order chi connectivity index (χ1) is 38.8. The minimum absolute atomic E-state index is 0.107. The number of carbonyl (C=O) groups is 4. The summed E-state index contributed by atoms with van der Waals surface area (Å²) in [5, 5.41) is 17.6. The molecule has 2 heterocycles. The van der Waals surface area contributed by atoms with Gasteiger partial charge in [-0.05, 0) is 129 Å². The number of nitrogens with zero attached hydrogens (tertiary/aromatic N) is 2. The number of amides is 2. The molecule has 0 radical (unpaired) electrons. The van der Waals surface area contributed by atoms with Gasteiger partial charge in [-0.2, -0.15) is 0 Å². The van der Waals surface area contributed by atoms with Gasteiger partial charge in [-0.1, -0.05) is 38.5 Å².